The molecule has 4 aliphatic heterocycles. The first kappa shape index (κ1) is 69.2. The Labute approximate surface area is 565 Å². The van der Waals surface area contributed by atoms with Crippen LogP contribution in [-0.2, 0) is 62.8 Å². The summed E-state index contributed by atoms with van der Waals surface area (Å²) >= 11 is 12.8. The molecule has 4 bridgehead atoms. The highest BCUT2D eigenvalue weighted by Crippen LogP contribution is 2.50. The third-order valence-electron chi connectivity index (χ3n) is 21.5. The Hall–Kier alpha value is -6.16. The van der Waals surface area contributed by atoms with Crippen LogP contribution in [0.2, 0.25) is 10.0 Å². The Bertz CT molecular complexity index is 3530. The van der Waals surface area contributed by atoms with E-state index >= 15 is 0 Å². The van der Waals surface area contributed by atoms with Crippen molar-refractivity contribution in [3.63, 3.8) is 0 Å². The van der Waals surface area contributed by atoms with Crippen molar-refractivity contribution in [2.45, 2.75) is 149 Å². The molecule has 2 spiro atoms. The summed E-state index contributed by atoms with van der Waals surface area (Å²) in [6.07, 6.45) is 20.0. The molecule has 0 aromatic heterocycles. The van der Waals surface area contributed by atoms with Crippen LogP contribution in [-0.4, -0.2) is 155 Å². The lowest BCUT2D eigenvalue weighted by Crippen LogP contribution is -2.49. The highest BCUT2D eigenvalue weighted by Gasteiger charge is 2.47. The standard InChI is InChI=1S/2C36H46ClN3O6S/c2*1-39(2)34(41)17-13-28-8-4-5-9-32(45-3)29-14-10-26(29)21-40-22-36(18-6-7-24-19-27(37)12-15-30(24)36)23-46-33-16-11-25(20-31(33)40)35(42)38-47(28,43)44/h2*5,9,11-12,15-16,19-20,26,28-29,32H,4,6-8,10,13-14,17-18,21-23H2,1-3H3,(H,38,42)/b2*9-5+/t26-,28+,29+,32-,36-;26-,28-,29+,32-,36-/m00/s1. The maximum Gasteiger partial charge on any atom is 0.264 e. The maximum atomic E-state index is 13.7. The summed E-state index contributed by atoms with van der Waals surface area (Å²) in [6.45, 7) is 3.94. The zero-order valence-electron chi connectivity index (χ0n) is 55.1. The van der Waals surface area contributed by atoms with Gasteiger partial charge < -0.3 is 38.5 Å². The fourth-order valence-electron chi connectivity index (χ4n) is 15.9. The predicted molar refractivity (Wildman–Crippen MR) is 367 cm³/mol. The minimum absolute atomic E-state index is 0.0726. The number of allylic oxidation sites excluding steroid dienone is 2. The highest BCUT2D eigenvalue weighted by molar-refractivity contribution is 7.91. The average Bonchev–Trinajstić information content (AvgIpc) is 1.50. The number of benzene rings is 4. The van der Waals surface area contributed by atoms with E-state index in [9.17, 15) is 36.0 Å². The first-order valence-corrected chi connectivity index (χ1v) is 37.4. The normalized spacial score (nSPS) is 29.3. The van der Waals surface area contributed by atoms with E-state index in [1.165, 1.54) is 32.1 Å². The van der Waals surface area contributed by atoms with Gasteiger partial charge in [-0.25, -0.2) is 26.3 Å². The van der Waals surface area contributed by atoms with Crippen LogP contribution < -0.4 is 28.7 Å². The van der Waals surface area contributed by atoms with Gasteiger partial charge in [0.1, 0.15) is 11.5 Å². The fourth-order valence-corrected chi connectivity index (χ4v) is 19.1. The summed E-state index contributed by atoms with van der Waals surface area (Å²) in [5.74, 6) is 1.06. The molecule has 0 saturated heterocycles. The van der Waals surface area contributed by atoms with Gasteiger partial charge in [-0.15, -0.1) is 0 Å². The molecule has 4 aromatic rings. The zero-order valence-corrected chi connectivity index (χ0v) is 58.2. The van der Waals surface area contributed by atoms with Crippen molar-refractivity contribution in [1.29, 1.82) is 0 Å². The van der Waals surface area contributed by atoms with Crippen LogP contribution in [0.1, 0.15) is 146 Å². The number of hydrogen-bond acceptors (Lipinski definition) is 14. The number of halogens is 2. The molecule has 2 fully saturated rings. The summed E-state index contributed by atoms with van der Waals surface area (Å²) in [7, 11) is 1.88. The van der Waals surface area contributed by atoms with Crippen molar-refractivity contribution in [3.8, 4) is 11.5 Å². The predicted octanol–water partition coefficient (Wildman–Crippen LogP) is 11.0. The molecule has 22 heteroatoms. The molecule has 0 radical (unpaired) electrons. The number of carbonyl (C=O) groups is 4. The molecule has 10 atom stereocenters. The molecular formula is C72H92Cl2N6O12S2. The van der Waals surface area contributed by atoms with E-state index < -0.39 is 42.4 Å². The van der Waals surface area contributed by atoms with Crippen LogP contribution in [0, 0.1) is 23.7 Å². The van der Waals surface area contributed by atoms with Gasteiger partial charge in [-0.2, -0.15) is 0 Å². The van der Waals surface area contributed by atoms with Gasteiger partial charge in [0, 0.05) is 113 Å². The summed E-state index contributed by atoms with van der Waals surface area (Å²) in [6, 6.07) is 22.8. The van der Waals surface area contributed by atoms with E-state index in [0.29, 0.717) is 74.3 Å². The van der Waals surface area contributed by atoms with E-state index in [0.717, 1.165) is 98.7 Å². The number of carbonyl (C=O) groups excluding carboxylic acids is 4. The number of fused-ring (bicyclic) bond motifs is 8. The van der Waals surface area contributed by atoms with E-state index in [1.807, 2.05) is 24.3 Å². The van der Waals surface area contributed by atoms with Crippen LogP contribution in [0.3, 0.4) is 0 Å². The number of sulfonamides is 2. The number of hydrogen-bond donors (Lipinski definition) is 2. The molecule has 508 valence electrons. The summed E-state index contributed by atoms with van der Waals surface area (Å²) < 4.78 is 84.5. The summed E-state index contributed by atoms with van der Waals surface area (Å²) in [5.41, 5.74) is 6.61. The number of amides is 4. The number of anilines is 2. The second-order valence-electron chi connectivity index (χ2n) is 27.8. The van der Waals surface area contributed by atoms with E-state index in [4.69, 9.17) is 42.1 Å². The summed E-state index contributed by atoms with van der Waals surface area (Å²) in [5, 5.41) is -0.356. The van der Waals surface area contributed by atoms with Gasteiger partial charge in [-0.05, 0) is 209 Å². The highest BCUT2D eigenvalue weighted by atomic mass is 35.5. The lowest BCUT2D eigenvalue weighted by molar-refractivity contribution is -0.129. The second kappa shape index (κ2) is 29.3. The molecule has 12 rings (SSSR count). The number of aryl methyl sites for hydroxylation is 2. The van der Waals surface area contributed by atoms with E-state index in [1.54, 1.807) is 78.8 Å². The van der Waals surface area contributed by atoms with Crippen molar-refractivity contribution in [2.75, 3.05) is 91.6 Å². The van der Waals surface area contributed by atoms with Crippen molar-refractivity contribution in [2.24, 2.45) is 23.7 Å². The number of methoxy groups -OCH3 is 2. The monoisotopic (exact) mass is 1370 g/mol. The van der Waals surface area contributed by atoms with Crippen LogP contribution in [0.25, 0.3) is 0 Å². The number of rotatable bonds is 8. The third-order valence-corrected chi connectivity index (χ3v) is 25.6. The lowest BCUT2D eigenvalue weighted by Gasteiger charge is -2.46. The van der Waals surface area contributed by atoms with Gasteiger partial charge in [0.05, 0.1) is 47.3 Å². The van der Waals surface area contributed by atoms with Gasteiger partial charge in [0.15, 0.2) is 0 Å². The number of ether oxygens (including phenoxy) is 4. The molecule has 18 nitrogen and oxygen atoms in total. The molecule has 2 N–H and O–H groups in total. The van der Waals surface area contributed by atoms with Crippen molar-refractivity contribution in [3.05, 3.63) is 141 Å². The van der Waals surface area contributed by atoms with Gasteiger partial charge in [0.25, 0.3) is 11.8 Å². The summed E-state index contributed by atoms with van der Waals surface area (Å²) in [4.78, 5) is 59.6. The van der Waals surface area contributed by atoms with Crippen LogP contribution >= 0.6 is 23.2 Å². The van der Waals surface area contributed by atoms with Crippen molar-refractivity contribution >= 4 is 78.3 Å². The van der Waals surface area contributed by atoms with Crippen LogP contribution in [0.4, 0.5) is 11.4 Å². The molecule has 8 aliphatic rings. The van der Waals surface area contributed by atoms with E-state index in [-0.39, 0.29) is 84.5 Å². The van der Waals surface area contributed by atoms with Crippen LogP contribution in [0.15, 0.2) is 97.1 Å². The van der Waals surface area contributed by atoms with Gasteiger partial charge in [-0.1, -0.05) is 59.6 Å². The lowest BCUT2D eigenvalue weighted by atomic mass is 9.68. The molecule has 4 heterocycles. The topological polar surface area (TPSA) is 210 Å². The Morgan fingerprint density at radius 3 is 1.37 bits per heavy atom. The molecule has 4 aliphatic carbocycles. The zero-order chi connectivity index (χ0) is 66.7. The Kier molecular flexibility index (Phi) is 21.6. The Morgan fingerprint density at radius 2 is 1.00 bits per heavy atom. The molecular weight excluding hydrogens is 1280 g/mol. The minimum Gasteiger partial charge on any atom is -0.490 e. The minimum atomic E-state index is -4.09. The van der Waals surface area contributed by atoms with Crippen molar-refractivity contribution in [1.82, 2.24) is 19.2 Å². The van der Waals surface area contributed by atoms with Gasteiger partial charge in [-0.3, -0.25) is 19.2 Å². The average molecular weight is 1370 g/mol. The van der Waals surface area contributed by atoms with Gasteiger partial charge >= 0.3 is 0 Å². The SMILES string of the molecule is CO[C@H]1/C=C/CC[C@@H](CCC(=O)N(C)C)S(=O)(=O)NC(=O)c2ccc3c(c2)N(C[C@@H]2CC[C@H]21)C[C@@]1(CCCc2cc(Cl)ccc21)CO3.CO[C@H]1/C=C/CC[C@H](CCC(=O)N(C)C)S(=O)(=O)NC(=O)c2ccc3c(c2)N(C[C@@H]2CC[C@H]21)C[C@@]1(CCCc2cc(Cl)ccc21)CO3. The maximum absolute atomic E-state index is 13.7. The number of nitrogens with zero attached hydrogens (tertiary/aromatic N) is 4. The van der Waals surface area contributed by atoms with Crippen LogP contribution in [0.5, 0.6) is 11.5 Å². The smallest absolute Gasteiger partial charge is 0.264 e. The molecule has 94 heavy (non-hydrogen) atoms. The molecule has 4 aromatic carbocycles. The molecule has 4 amide bonds. The first-order chi connectivity index (χ1) is 45.0. The second-order valence-corrected chi connectivity index (χ2v) is 32.6. The third kappa shape index (κ3) is 15.2. The molecule has 0 unspecified atom stereocenters. The van der Waals surface area contributed by atoms with Gasteiger partial charge in [0.2, 0.25) is 31.9 Å². The first-order valence-electron chi connectivity index (χ1n) is 33.5. The quantitative estimate of drug-likeness (QED) is 0.157. The fraction of sp³-hybridized carbons (Fsp3) is 0.556. The largest absolute Gasteiger partial charge is 0.490 e. The van der Waals surface area contributed by atoms with E-state index in [2.05, 4.69) is 55.7 Å². The Morgan fingerprint density at radius 1 is 0.585 bits per heavy atom. The van der Waals surface area contributed by atoms with Crippen molar-refractivity contribution < 1.29 is 55.0 Å². The number of nitrogens with one attached hydrogen (secondary N) is 2. The molecule has 2 saturated carbocycles. The Balaban J connectivity index is 0.000000192.